The Morgan fingerprint density at radius 1 is 1.13 bits per heavy atom. The molecule has 0 aliphatic carbocycles. The van der Waals surface area contributed by atoms with Crippen molar-refractivity contribution in [1.82, 2.24) is 10.2 Å². The average molecular weight is 217 g/mol. The Hall–Kier alpha value is -2.59. The minimum atomic E-state index is -3.65. The predicted molar refractivity (Wildman–Crippen MR) is 41.2 cm³/mol. The van der Waals surface area contributed by atoms with Crippen LogP contribution in [0.15, 0.2) is 12.3 Å². The zero-order valence-corrected chi connectivity index (χ0v) is 6.89. The van der Waals surface area contributed by atoms with Gasteiger partial charge in [0, 0.05) is 12.3 Å². The second-order valence-corrected chi connectivity index (χ2v) is 2.37. The van der Waals surface area contributed by atoms with E-state index < -0.39 is 26.3 Å². The van der Waals surface area contributed by atoms with Crippen LogP contribution >= 0.6 is 0 Å². The highest BCUT2D eigenvalue weighted by Gasteiger charge is 2.74. The van der Waals surface area contributed by atoms with E-state index in [4.69, 9.17) is 0 Å². The summed E-state index contributed by atoms with van der Waals surface area (Å²) in [4.78, 5) is 26.6. The number of hydrogen-bond acceptors (Lipinski definition) is 7. The maximum atomic E-state index is 10.5. The molecule has 0 fully saturated rings. The SMILES string of the molecule is O=[N+]([O-])C(c1cc[nH]n1)([N+](=O)[O-])[N+](=O)[O-]. The fraction of sp³-hybridized carbons (Fsp3) is 0.250. The third-order valence-corrected chi connectivity index (χ3v) is 1.61. The van der Waals surface area contributed by atoms with E-state index in [-0.39, 0.29) is 0 Å². The summed E-state index contributed by atoms with van der Waals surface area (Å²) in [6.07, 6.45) is 1.01. The second kappa shape index (κ2) is 3.28. The van der Waals surface area contributed by atoms with E-state index in [9.17, 15) is 30.3 Å². The lowest BCUT2D eigenvalue weighted by molar-refractivity contribution is -0.986. The van der Waals surface area contributed by atoms with Crippen LogP contribution in [0, 0.1) is 30.3 Å². The molecule has 1 aromatic heterocycles. The molecule has 0 saturated carbocycles. The normalized spacial score (nSPS) is 10.9. The van der Waals surface area contributed by atoms with Crippen LogP contribution in [-0.2, 0) is 5.79 Å². The standard InChI is InChI=1S/C4H3N5O6/c10-7(11)4(8(12)13,9(14)15)3-1-2-5-6-3/h1-2H,(H,5,6). The van der Waals surface area contributed by atoms with Crippen LogP contribution in [0.2, 0.25) is 0 Å². The number of H-pyrrole nitrogens is 1. The lowest BCUT2D eigenvalue weighted by Gasteiger charge is -2.05. The molecule has 0 saturated heterocycles. The van der Waals surface area contributed by atoms with E-state index in [1.807, 2.05) is 5.10 Å². The molecule has 0 unspecified atom stereocenters. The van der Waals surface area contributed by atoms with Crippen molar-refractivity contribution >= 4 is 0 Å². The first-order valence-electron chi connectivity index (χ1n) is 3.37. The van der Waals surface area contributed by atoms with Gasteiger partial charge >= 0.3 is 11.5 Å². The summed E-state index contributed by atoms with van der Waals surface area (Å²) in [6, 6.07) is 0.800. The zero-order valence-electron chi connectivity index (χ0n) is 6.89. The van der Waals surface area contributed by atoms with Crippen molar-refractivity contribution in [3.8, 4) is 0 Å². The van der Waals surface area contributed by atoms with E-state index in [2.05, 4.69) is 5.10 Å². The lowest BCUT2D eigenvalue weighted by atomic mass is 10.2. The number of hydrogen-bond donors (Lipinski definition) is 1. The van der Waals surface area contributed by atoms with Gasteiger partial charge in [0.1, 0.15) is 0 Å². The van der Waals surface area contributed by atoms with Crippen molar-refractivity contribution < 1.29 is 14.8 Å². The third-order valence-electron chi connectivity index (χ3n) is 1.61. The molecule has 80 valence electrons. The molecule has 0 aromatic carbocycles. The summed E-state index contributed by atoms with van der Waals surface area (Å²) in [5.41, 5.74) is -0.887. The quantitative estimate of drug-likeness (QED) is 0.398. The van der Waals surface area contributed by atoms with Crippen molar-refractivity contribution in [3.63, 3.8) is 0 Å². The Labute approximate surface area is 80.2 Å². The van der Waals surface area contributed by atoms with Crippen molar-refractivity contribution in [2.24, 2.45) is 0 Å². The molecule has 15 heavy (non-hydrogen) atoms. The monoisotopic (exact) mass is 217 g/mol. The molecule has 11 nitrogen and oxygen atoms in total. The topological polar surface area (TPSA) is 158 Å². The van der Waals surface area contributed by atoms with Gasteiger partial charge in [-0.2, -0.15) is 5.10 Å². The molecule has 1 N–H and O–H groups in total. The fourth-order valence-electron chi connectivity index (χ4n) is 0.928. The van der Waals surface area contributed by atoms with Crippen molar-refractivity contribution in [3.05, 3.63) is 48.3 Å². The molecule has 0 amide bonds. The summed E-state index contributed by atoms with van der Waals surface area (Å²) < 4.78 is 0. The van der Waals surface area contributed by atoms with Gasteiger partial charge in [0.15, 0.2) is 14.8 Å². The molecule has 1 rings (SSSR count). The summed E-state index contributed by atoms with van der Waals surface area (Å²) in [7, 11) is 0. The highest BCUT2D eigenvalue weighted by molar-refractivity contribution is 5.01. The van der Waals surface area contributed by atoms with Gasteiger partial charge in [-0.15, -0.1) is 0 Å². The molecule has 1 aromatic rings. The van der Waals surface area contributed by atoms with Gasteiger partial charge in [-0.25, -0.2) is 0 Å². The molecular formula is C4H3N5O6. The molecule has 0 aliphatic heterocycles. The minimum absolute atomic E-state index is 0.800. The van der Waals surface area contributed by atoms with E-state index in [0.29, 0.717) is 0 Å². The molecule has 1 heterocycles. The van der Waals surface area contributed by atoms with Crippen LogP contribution in [0.25, 0.3) is 0 Å². The lowest BCUT2D eigenvalue weighted by Crippen LogP contribution is -2.50. The summed E-state index contributed by atoms with van der Waals surface area (Å²) in [6.45, 7) is 0. The second-order valence-electron chi connectivity index (χ2n) is 2.37. The van der Waals surface area contributed by atoms with Crippen LogP contribution in [0.1, 0.15) is 5.69 Å². The number of nitrogens with zero attached hydrogens (tertiary/aromatic N) is 4. The first-order valence-corrected chi connectivity index (χ1v) is 3.37. The van der Waals surface area contributed by atoms with Crippen molar-refractivity contribution in [2.75, 3.05) is 0 Å². The van der Waals surface area contributed by atoms with E-state index in [1.54, 1.807) is 0 Å². The molecular weight excluding hydrogens is 214 g/mol. The van der Waals surface area contributed by atoms with Crippen molar-refractivity contribution in [2.45, 2.75) is 5.79 Å². The van der Waals surface area contributed by atoms with Crippen LogP contribution in [0.5, 0.6) is 0 Å². The van der Waals surface area contributed by atoms with Crippen LogP contribution < -0.4 is 0 Å². The average Bonchev–Trinajstić information content (AvgIpc) is 2.55. The van der Waals surface area contributed by atoms with E-state index in [0.717, 1.165) is 12.3 Å². The first-order chi connectivity index (χ1) is 6.94. The molecule has 0 radical (unpaired) electrons. The Kier molecular flexibility index (Phi) is 2.30. The number of nitro groups is 3. The highest BCUT2D eigenvalue weighted by Crippen LogP contribution is 2.24. The maximum Gasteiger partial charge on any atom is 0.747 e. The van der Waals surface area contributed by atoms with Gasteiger partial charge in [0.2, 0.25) is 0 Å². The largest absolute Gasteiger partial charge is 0.747 e. The number of rotatable bonds is 4. The summed E-state index contributed by atoms with van der Waals surface area (Å²) in [5, 5.41) is 36.6. The number of aromatic nitrogens is 2. The zero-order chi connectivity index (χ0) is 11.6. The van der Waals surface area contributed by atoms with Crippen LogP contribution in [-0.4, -0.2) is 25.0 Å². The first kappa shape index (κ1) is 10.5. The van der Waals surface area contributed by atoms with Crippen LogP contribution in [0.3, 0.4) is 0 Å². The van der Waals surface area contributed by atoms with Gasteiger partial charge in [-0.05, 0) is 0 Å². The van der Waals surface area contributed by atoms with Gasteiger partial charge in [-0.3, -0.25) is 35.4 Å². The summed E-state index contributed by atoms with van der Waals surface area (Å²) >= 11 is 0. The van der Waals surface area contributed by atoms with Gasteiger partial charge in [0.05, 0.1) is 0 Å². The number of nitrogens with one attached hydrogen (secondary N) is 1. The molecule has 0 spiro atoms. The fourth-order valence-corrected chi connectivity index (χ4v) is 0.928. The number of aromatic amines is 1. The smallest absolute Gasteiger partial charge is 0.285 e. The van der Waals surface area contributed by atoms with Crippen LogP contribution in [0.4, 0.5) is 0 Å². The third kappa shape index (κ3) is 1.25. The molecule has 11 heteroatoms. The summed E-state index contributed by atoms with van der Waals surface area (Å²) in [5.74, 6) is -3.65. The Bertz CT molecular complexity index is 375. The van der Waals surface area contributed by atoms with E-state index >= 15 is 0 Å². The Balaban J connectivity index is 3.47. The maximum absolute atomic E-state index is 10.5. The highest BCUT2D eigenvalue weighted by atomic mass is 16.7. The van der Waals surface area contributed by atoms with Gasteiger partial charge in [-0.1, -0.05) is 0 Å². The molecule has 0 aliphatic rings. The Morgan fingerprint density at radius 3 is 1.87 bits per heavy atom. The molecule has 0 atom stereocenters. The van der Waals surface area contributed by atoms with Crippen molar-refractivity contribution in [1.29, 1.82) is 0 Å². The minimum Gasteiger partial charge on any atom is -0.285 e. The van der Waals surface area contributed by atoms with Gasteiger partial charge in [0.25, 0.3) is 0 Å². The Morgan fingerprint density at radius 2 is 1.60 bits per heavy atom. The van der Waals surface area contributed by atoms with Gasteiger partial charge < -0.3 is 0 Å². The molecule has 0 bridgehead atoms. The van der Waals surface area contributed by atoms with E-state index in [1.165, 1.54) is 0 Å². The predicted octanol–water partition coefficient (Wildman–Crippen LogP) is -0.650.